The third-order valence-electron chi connectivity index (χ3n) is 5.35. The van der Waals surface area contributed by atoms with Gasteiger partial charge in [0.2, 0.25) is 0 Å². The minimum atomic E-state index is -0.517. The zero-order chi connectivity index (χ0) is 23.1. The van der Waals surface area contributed by atoms with Crippen LogP contribution in [0.1, 0.15) is 32.3 Å². The van der Waals surface area contributed by atoms with E-state index in [2.05, 4.69) is 15.3 Å². The Bertz CT molecular complexity index is 969. The molecule has 1 aliphatic rings. The highest BCUT2D eigenvalue weighted by molar-refractivity contribution is 5.67. The predicted molar refractivity (Wildman–Crippen MR) is 120 cm³/mol. The number of halogens is 1. The third-order valence-corrected chi connectivity index (χ3v) is 5.35. The van der Waals surface area contributed by atoms with Crippen molar-refractivity contribution < 1.29 is 13.9 Å². The van der Waals surface area contributed by atoms with E-state index in [4.69, 9.17) is 10.00 Å². The Morgan fingerprint density at radius 2 is 2.09 bits per heavy atom. The molecule has 1 fully saturated rings. The van der Waals surface area contributed by atoms with E-state index in [9.17, 15) is 9.18 Å². The zero-order valence-corrected chi connectivity index (χ0v) is 18.7. The Labute approximate surface area is 188 Å². The standard InChI is InChI=1S/C23H29FN6O2/c1-16(2)14-32-23(31)30-8-6-17(7-9-30)13-29(3)22-11-21(26-15-27-22)28-20-5-4-18(12-25)10-19(20)24/h4-5,10-11,15-17H,6-9,13-14H2,1-3H3,(H,26,27,28). The molecule has 0 unspecified atom stereocenters. The monoisotopic (exact) mass is 440 g/mol. The fourth-order valence-electron chi connectivity index (χ4n) is 3.56. The lowest BCUT2D eigenvalue weighted by Crippen LogP contribution is -2.41. The molecule has 3 rings (SSSR count). The number of amides is 1. The number of rotatable bonds is 7. The highest BCUT2D eigenvalue weighted by Crippen LogP contribution is 2.24. The second kappa shape index (κ2) is 10.8. The van der Waals surface area contributed by atoms with Crippen LogP contribution in [0.2, 0.25) is 0 Å². The van der Waals surface area contributed by atoms with Crippen molar-refractivity contribution in [2.24, 2.45) is 11.8 Å². The van der Waals surface area contributed by atoms with Gasteiger partial charge in [-0.2, -0.15) is 5.26 Å². The summed E-state index contributed by atoms with van der Waals surface area (Å²) in [5.74, 6) is 1.42. The van der Waals surface area contributed by atoms with Crippen molar-refractivity contribution in [1.29, 1.82) is 5.26 Å². The Morgan fingerprint density at radius 1 is 1.34 bits per heavy atom. The van der Waals surface area contributed by atoms with Crippen molar-refractivity contribution in [2.45, 2.75) is 26.7 Å². The molecule has 0 saturated carbocycles. The van der Waals surface area contributed by atoms with E-state index in [1.54, 1.807) is 17.0 Å². The predicted octanol–water partition coefficient (Wildman–Crippen LogP) is 4.17. The molecule has 0 bridgehead atoms. The van der Waals surface area contributed by atoms with E-state index >= 15 is 0 Å². The molecule has 1 aliphatic heterocycles. The van der Waals surface area contributed by atoms with Gasteiger partial charge in [0.15, 0.2) is 0 Å². The molecule has 2 heterocycles. The lowest BCUT2D eigenvalue weighted by molar-refractivity contribution is 0.0795. The summed E-state index contributed by atoms with van der Waals surface area (Å²) in [6.07, 6.45) is 3.00. The van der Waals surface area contributed by atoms with Crippen molar-refractivity contribution in [2.75, 3.05) is 43.5 Å². The molecule has 8 nitrogen and oxygen atoms in total. The summed E-state index contributed by atoms with van der Waals surface area (Å²) in [5.41, 5.74) is 0.503. The van der Waals surface area contributed by atoms with Crippen LogP contribution in [0, 0.1) is 29.0 Å². The summed E-state index contributed by atoms with van der Waals surface area (Å²) >= 11 is 0. The number of aromatic nitrogens is 2. The summed E-state index contributed by atoms with van der Waals surface area (Å²) in [6, 6.07) is 7.91. The fourth-order valence-corrected chi connectivity index (χ4v) is 3.56. The van der Waals surface area contributed by atoms with Crippen LogP contribution in [0.15, 0.2) is 30.6 Å². The summed E-state index contributed by atoms with van der Waals surface area (Å²) < 4.78 is 19.5. The number of likely N-dealkylation sites (tertiary alicyclic amines) is 1. The number of piperidine rings is 1. The molecule has 0 spiro atoms. The van der Waals surface area contributed by atoms with Gasteiger partial charge in [0.1, 0.15) is 23.8 Å². The number of nitriles is 1. The van der Waals surface area contributed by atoms with Crippen LogP contribution in [0.4, 0.5) is 26.5 Å². The molecule has 2 aromatic rings. The second-order valence-corrected chi connectivity index (χ2v) is 8.47. The number of anilines is 3. The third kappa shape index (κ3) is 6.30. The van der Waals surface area contributed by atoms with Crippen LogP contribution in [0.5, 0.6) is 0 Å². The van der Waals surface area contributed by atoms with Crippen LogP contribution < -0.4 is 10.2 Å². The summed E-state index contributed by atoms with van der Waals surface area (Å²) in [6.45, 7) is 6.64. The molecule has 1 amide bonds. The Morgan fingerprint density at radius 3 is 2.75 bits per heavy atom. The van der Waals surface area contributed by atoms with E-state index in [0.29, 0.717) is 37.4 Å². The minimum Gasteiger partial charge on any atom is -0.449 e. The SMILES string of the molecule is CC(C)COC(=O)N1CCC(CN(C)c2cc(Nc3ccc(C#N)cc3F)ncn2)CC1. The number of nitrogens with zero attached hydrogens (tertiary/aromatic N) is 5. The average Bonchev–Trinajstić information content (AvgIpc) is 2.79. The average molecular weight is 441 g/mol. The minimum absolute atomic E-state index is 0.230. The largest absolute Gasteiger partial charge is 0.449 e. The molecule has 9 heteroatoms. The van der Waals surface area contributed by atoms with Gasteiger partial charge < -0.3 is 19.9 Å². The van der Waals surface area contributed by atoms with Crippen molar-refractivity contribution in [1.82, 2.24) is 14.9 Å². The van der Waals surface area contributed by atoms with E-state index in [0.717, 1.165) is 25.2 Å². The Kier molecular flexibility index (Phi) is 7.82. The summed E-state index contributed by atoms with van der Waals surface area (Å²) in [7, 11) is 1.96. The molecule has 0 atom stereocenters. The van der Waals surface area contributed by atoms with Gasteiger partial charge >= 0.3 is 6.09 Å². The van der Waals surface area contributed by atoms with Gasteiger partial charge in [-0.1, -0.05) is 13.8 Å². The molecule has 1 saturated heterocycles. The number of hydrogen-bond donors (Lipinski definition) is 1. The number of nitrogens with one attached hydrogen (secondary N) is 1. The molecule has 170 valence electrons. The van der Waals surface area contributed by atoms with Crippen molar-refractivity contribution in [3.63, 3.8) is 0 Å². The molecular weight excluding hydrogens is 411 g/mol. The molecule has 32 heavy (non-hydrogen) atoms. The first-order chi connectivity index (χ1) is 15.4. The van der Waals surface area contributed by atoms with E-state index < -0.39 is 5.82 Å². The van der Waals surface area contributed by atoms with Crippen molar-refractivity contribution in [3.05, 3.63) is 42.0 Å². The fraction of sp³-hybridized carbons (Fsp3) is 0.478. The topological polar surface area (TPSA) is 94.4 Å². The molecule has 1 N–H and O–H groups in total. The lowest BCUT2D eigenvalue weighted by atomic mass is 9.96. The maximum atomic E-state index is 14.2. The lowest BCUT2D eigenvalue weighted by Gasteiger charge is -2.33. The number of carbonyl (C=O) groups is 1. The maximum absolute atomic E-state index is 14.2. The summed E-state index contributed by atoms with van der Waals surface area (Å²) in [5, 5.41) is 11.8. The van der Waals surface area contributed by atoms with Gasteiger partial charge in [0.05, 0.1) is 23.9 Å². The van der Waals surface area contributed by atoms with Gasteiger partial charge in [-0.05, 0) is 42.9 Å². The van der Waals surface area contributed by atoms with Crippen LogP contribution in [-0.2, 0) is 4.74 Å². The zero-order valence-electron chi connectivity index (χ0n) is 18.7. The highest BCUT2D eigenvalue weighted by Gasteiger charge is 2.25. The first kappa shape index (κ1) is 23.3. The number of hydrogen-bond acceptors (Lipinski definition) is 7. The molecule has 1 aromatic heterocycles. The number of carbonyl (C=O) groups excluding carboxylic acids is 1. The van der Waals surface area contributed by atoms with Gasteiger partial charge in [0.25, 0.3) is 0 Å². The van der Waals surface area contributed by atoms with Gasteiger partial charge in [0, 0.05) is 32.7 Å². The first-order valence-electron chi connectivity index (χ1n) is 10.8. The Hall–Kier alpha value is -3.41. The molecular formula is C23H29FN6O2. The maximum Gasteiger partial charge on any atom is 0.409 e. The quantitative estimate of drug-likeness (QED) is 0.690. The summed E-state index contributed by atoms with van der Waals surface area (Å²) in [4.78, 5) is 24.4. The smallest absolute Gasteiger partial charge is 0.409 e. The molecule has 0 radical (unpaired) electrons. The van der Waals surface area contributed by atoms with Gasteiger partial charge in [-0.3, -0.25) is 0 Å². The van der Waals surface area contributed by atoms with Crippen LogP contribution >= 0.6 is 0 Å². The van der Waals surface area contributed by atoms with Crippen LogP contribution in [0.3, 0.4) is 0 Å². The van der Waals surface area contributed by atoms with E-state index in [1.807, 2.05) is 31.9 Å². The Balaban J connectivity index is 1.54. The second-order valence-electron chi connectivity index (χ2n) is 8.47. The van der Waals surface area contributed by atoms with E-state index in [-0.39, 0.29) is 17.3 Å². The molecule has 0 aliphatic carbocycles. The number of benzene rings is 1. The van der Waals surface area contributed by atoms with E-state index in [1.165, 1.54) is 18.5 Å². The molecule has 1 aromatic carbocycles. The van der Waals surface area contributed by atoms with Crippen molar-refractivity contribution in [3.8, 4) is 6.07 Å². The first-order valence-corrected chi connectivity index (χ1v) is 10.8. The van der Waals surface area contributed by atoms with Crippen molar-refractivity contribution >= 4 is 23.4 Å². The van der Waals surface area contributed by atoms with Gasteiger partial charge in [-0.25, -0.2) is 19.2 Å². The van der Waals surface area contributed by atoms with Crippen LogP contribution in [-0.4, -0.2) is 54.2 Å². The van der Waals surface area contributed by atoms with Gasteiger partial charge in [-0.15, -0.1) is 0 Å². The number of ether oxygens (including phenoxy) is 1. The van der Waals surface area contributed by atoms with Crippen LogP contribution in [0.25, 0.3) is 0 Å². The highest BCUT2D eigenvalue weighted by atomic mass is 19.1. The normalized spacial score (nSPS) is 14.2.